The second kappa shape index (κ2) is 10.6. The third-order valence-electron chi connectivity index (χ3n) is 5.46. The fourth-order valence-electron chi connectivity index (χ4n) is 3.71. The molecule has 1 atom stereocenters. The number of esters is 2. The third kappa shape index (κ3) is 5.53. The lowest BCUT2D eigenvalue weighted by atomic mass is 9.88. The van der Waals surface area contributed by atoms with Gasteiger partial charge in [-0.3, -0.25) is 14.2 Å². The largest absolute Gasteiger partial charge is 0.462 e. The highest BCUT2D eigenvalue weighted by atomic mass is 32.1. The Labute approximate surface area is 199 Å². The Morgan fingerprint density at radius 2 is 1.97 bits per heavy atom. The number of aromatic nitrogens is 2. The summed E-state index contributed by atoms with van der Waals surface area (Å²) >= 11 is 1.34. The molecule has 0 spiro atoms. The molecule has 2 aromatic rings. The van der Waals surface area contributed by atoms with Crippen molar-refractivity contribution in [1.82, 2.24) is 9.13 Å². The molecule has 0 aliphatic heterocycles. The van der Waals surface area contributed by atoms with Crippen LogP contribution in [0.4, 0.5) is 5.00 Å². The van der Waals surface area contributed by atoms with Crippen molar-refractivity contribution in [2.45, 2.75) is 33.1 Å². The van der Waals surface area contributed by atoms with Crippen molar-refractivity contribution in [2.75, 3.05) is 18.5 Å². The van der Waals surface area contributed by atoms with E-state index in [-0.39, 0.29) is 12.2 Å². The van der Waals surface area contributed by atoms with Gasteiger partial charge in [0.2, 0.25) is 0 Å². The summed E-state index contributed by atoms with van der Waals surface area (Å²) in [6.45, 7) is 3.50. The van der Waals surface area contributed by atoms with Crippen LogP contribution in [0.5, 0.6) is 0 Å². The Morgan fingerprint density at radius 1 is 1.24 bits per heavy atom. The van der Waals surface area contributed by atoms with E-state index < -0.39 is 35.7 Å². The first-order valence-electron chi connectivity index (χ1n) is 10.8. The number of aryl methyl sites for hydroxylation is 1. The SMILES string of the molecule is CCOC(=O)c1c(NC(=O)COC(=O)/C=C/c2cn(C)c(=O)n(C)c2=O)sc2c1CCC(C)C2. The molecule has 1 aliphatic rings. The highest BCUT2D eigenvalue weighted by Crippen LogP contribution is 2.40. The summed E-state index contributed by atoms with van der Waals surface area (Å²) in [6.07, 6.45) is 6.04. The molecule has 0 radical (unpaired) electrons. The summed E-state index contributed by atoms with van der Waals surface area (Å²) in [5.74, 6) is -1.43. The molecule has 0 aromatic carbocycles. The molecular weight excluding hydrogens is 462 g/mol. The highest BCUT2D eigenvalue weighted by Gasteiger charge is 2.29. The second-order valence-electron chi connectivity index (χ2n) is 8.11. The molecular formula is C23H27N3O7S. The summed E-state index contributed by atoms with van der Waals surface area (Å²) < 4.78 is 12.3. The van der Waals surface area contributed by atoms with E-state index in [0.717, 1.165) is 40.3 Å². The zero-order valence-corrected chi connectivity index (χ0v) is 20.3. The molecule has 1 unspecified atom stereocenters. The average molecular weight is 490 g/mol. The topological polar surface area (TPSA) is 126 Å². The summed E-state index contributed by atoms with van der Waals surface area (Å²) in [4.78, 5) is 61.9. The summed E-state index contributed by atoms with van der Waals surface area (Å²) in [5.41, 5.74) is 0.346. The first kappa shape index (κ1) is 25.2. The van der Waals surface area contributed by atoms with Gasteiger partial charge >= 0.3 is 17.6 Å². The van der Waals surface area contributed by atoms with Gasteiger partial charge in [-0.25, -0.2) is 14.4 Å². The van der Waals surface area contributed by atoms with Crippen molar-refractivity contribution in [3.63, 3.8) is 0 Å². The predicted molar refractivity (Wildman–Crippen MR) is 127 cm³/mol. The quantitative estimate of drug-likeness (QED) is 0.463. The van der Waals surface area contributed by atoms with E-state index in [1.54, 1.807) is 6.92 Å². The van der Waals surface area contributed by atoms with E-state index >= 15 is 0 Å². The third-order valence-corrected chi connectivity index (χ3v) is 6.63. The number of fused-ring (bicyclic) bond motifs is 1. The van der Waals surface area contributed by atoms with Gasteiger partial charge in [0.25, 0.3) is 11.5 Å². The van der Waals surface area contributed by atoms with Crippen LogP contribution in [0.1, 0.15) is 46.6 Å². The number of hydrogen-bond donors (Lipinski definition) is 1. The van der Waals surface area contributed by atoms with Crippen molar-refractivity contribution in [3.05, 3.63) is 54.7 Å². The van der Waals surface area contributed by atoms with Crippen LogP contribution in [-0.2, 0) is 46.0 Å². The van der Waals surface area contributed by atoms with Crippen molar-refractivity contribution in [2.24, 2.45) is 20.0 Å². The summed E-state index contributed by atoms with van der Waals surface area (Å²) in [5, 5.41) is 3.06. The zero-order chi connectivity index (χ0) is 25.0. The number of amides is 1. The zero-order valence-electron chi connectivity index (χ0n) is 19.5. The van der Waals surface area contributed by atoms with Crippen LogP contribution in [0.25, 0.3) is 6.08 Å². The summed E-state index contributed by atoms with van der Waals surface area (Å²) in [6, 6.07) is 0. The molecule has 0 fully saturated rings. The average Bonchev–Trinajstić information content (AvgIpc) is 3.14. The number of ether oxygens (including phenoxy) is 2. The smallest absolute Gasteiger partial charge is 0.341 e. The first-order chi connectivity index (χ1) is 16.1. The van der Waals surface area contributed by atoms with E-state index in [1.807, 2.05) is 0 Å². The number of nitrogens with zero attached hydrogens (tertiary/aromatic N) is 2. The van der Waals surface area contributed by atoms with Gasteiger partial charge in [-0.2, -0.15) is 0 Å². The van der Waals surface area contributed by atoms with E-state index in [0.29, 0.717) is 16.5 Å². The Morgan fingerprint density at radius 3 is 2.68 bits per heavy atom. The summed E-state index contributed by atoms with van der Waals surface area (Å²) in [7, 11) is 2.81. The second-order valence-corrected chi connectivity index (χ2v) is 9.21. The van der Waals surface area contributed by atoms with Crippen molar-refractivity contribution in [1.29, 1.82) is 0 Å². The number of nitrogens with one attached hydrogen (secondary N) is 1. The molecule has 1 amide bonds. The molecule has 11 heteroatoms. The molecule has 0 saturated heterocycles. The van der Waals surface area contributed by atoms with Crippen LogP contribution < -0.4 is 16.6 Å². The van der Waals surface area contributed by atoms with E-state index in [1.165, 1.54) is 42.3 Å². The van der Waals surface area contributed by atoms with Gasteiger partial charge in [-0.15, -0.1) is 11.3 Å². The van der Waals surface area contributed by atoms with Crippen molar-refractivity contribution in [3.8, 4) is 0 Å². The number of carbonyl (C=O) groups is 3. The standard InChI is InChI=1S/C23H27N3O7S/c1-5-32-22(30)19-15-8-6-13(2)10-16(15)34-20(19)24-17(27)12-33-18(28)9-7-14-11-25(3)23(31)26(4)21(14)29/h7,9,11,13H,5-6,8,10,12H2,1-4H3,(H,24,27)/b9-7+. The molecule has 1 aliphatic carbocycles. The van der Waals surface area contributed by atoms with Crippen molar-refractivity contribution < 1.29 is 23.9 Å². The van der Waals surface area contributed by atoms with Gasteiger partial charge < -0.3 is 19.4 Å². The Kier molecular flexibility index (Phi) is 7.87. The van der Waals surface area contributed by atoms with Crippen LogP contribution in [0.2, 0.25) is 0 Å². The van der Waals surface area contributed by atoms with Crippen LogP contribution >= 0.6 is 11.3 Å². The monoisotopic (exact) mass is 489 g/mol. The van der Waals surface area contributed by atoms with Crippen LogP contribution in [0.15, 0.2) is 21.9 Å². The lowest BCUT2D eigenvalue weighted by molar-refractivity contribution is -0.142. The maximum atomic E-state index is 12.5. The van der Waals surface area contributed by atoms with Gasteiger partial charge in [0.1, 0.15) is 5.00 Å². The fraction of sp³-hybridized carbons (Fsp3) is 0.435. The van der Waals surface area contributed by atoms with Crippen molar-refractivity contribution >= 4 is 40.3 Å². The Bertz CT molecular complexity index is 1270. The molecule has 2 heterocycles. The molecule has 2 aromatic heterocycles. The van der Waals surface area contributed by atoms with Gasteiger partial charge in [0, 0.05) is 31.2 Å². The molecule has 182 valence electrons. The van der Waals surface area contributed by atoms with Gasteiger partial charge in [0.05, 0.1) is 17.7 Å². The normalized spacial score (nSPS) is 15.1. The lowest BCUT2D eigenvalue weighted by Crippen LogP contribution is -2.37. The maximum Gasteiger partial charge on any atom is 0.341 e. The van der Waals surface area contributed by atoms with Gasteiger partial charge in [-0.05, 0) is 43.7 Å². The Hall–Kier alpha value is -3.47. The Balaban J connectivity index is 1.67. The minimum atomic E-state index is -0.837. The minimum absolute atomic E-state index is 0.114. The first-order valence-corrected chi connectivity index (χ1v) is 11.7. The fourth-order valence-corrected chi connectivity index (χ4v) is 5.13. The van der Waals surface area contributed by atoms with E-state index in [9.17, 15) is 24.0 Å². The molecule has 10 nitrogen and oxygen atoms in total. The number of carbonyl (C=O) groups excluding carboxylic acids is 3. The van der Waals surface area contributed by atoms with Crippen LogP contribution in [0.3, 0.4) is 0 Å². The molecule has 34 heavy (non-hydrogen) atoms. The number of hydrogen-bond acceptors (Lipinski definition) is 8. The predicted octanol–water partition coefficient (Wildman–Crippen LogP) is 1.64. The lowest BCUT2D eigenvalue weighted by Gasteiger charge is -2.18. The molecule has 1 N–H and O–H groups in total. The number of thiophene rings is 1. The van der Waals surface area contributed by atoms with Crippen LogP contribution in [-0.4, -0.2) is 40.2 Å². The number of anilines is 1. The molecule has 3 rings (SSSR count). The van der Waals surface area contributed by atoms with E-state index in [2.05, 4.69) is 12.2 Å². The maximum absolute atomic E-state index is 12.5. The van der Waals surface area contributed by atoms with E-state index in [4.69, 9.17) is 9.47 Å². The molecule has 0 bridgehead atoms. The minimum Gasteiger partial charge on any atom is -0.462 e. The van der Waals surface area contributed by atoms with Crippen LogP contribution in [0, 0.1) is 5.92 Å². The van der Waals surface area contributed by atoms with Gasteiger partial charge in [0.15, 0.2) is 6.61 Å². The van der Waals surface area contributed by atoms with Gasteiger partial charge in [-0.1, -0.05) is 6.92 Å². The highest BCUT2D eigenvalue weighted by molar-refractivity contribution is 7.17. The number of rotatable bonds is 7. The molecule has 0 saturated carbocycles.